The van der Waals surface area contributed by atoms with Crippen LogP contribution < -0.4 is 5.32 Å². The summed E-state index contributed by atoms with van der Waals surface area (Å²) in [5.41, 5.74) is 2.77. The Morgan fingerprint density at radius 2 is 1.89 bits per heavy atom. The summed E-state index contributed by atoms with van der Waals surface area (Å²) in [7, 11) is 0. The minimum atomic E-state index is -0.682. The van der Waals surface area contributed by atoms with E-state index in [0.29, 0.717) is 40.9 Å². The van der Waals surface area contributed by atoms with Gasteiger partial charge in [-0.15, -0.1) is 0 Å². The van der Waals surface area contributed by atoms with Crippen LogP contribution in [0.25, 0.3) is 11.1 Å². The number of hydrogen-bond donors (Lipinski definition) is 3. The van der Waals surface area contributed by atoms with Crippen LogP contribution in [-0.4, -0.2) is 66.7 Å². The molecule has 38 heavy (non-hydrogen) atoms. The number of halogens is 1. The number of H-pyrrole nitrogens is 2. The highest BCUT2D eigenvalue weighted by molar-refractivity contribution is 7.98. The van der Waals surface area contributed by atoms with Gasteiger partial charge in [0.1, 0.15) is 17.6 Å². The first-order valence-corrected chi connectivity index (χ1v) is 14.6. The van der Waals surface area contributed by atoms with Gasteiger partial charge < -0.3 is 10.2 Å². The summed E-state index contributed by atoms with van der Waals surface area (Å²) in [6, 6.07) is 4.19. The Morgan fingerprint density at radius 3 is 2.45 bits per heavy atom. The van der Waals surface area contributed by atoms with Crippen LogP contribution >= 0.6 is 11.8 Å². The number of aryl methyl sites for hydroxylation is 2. The smallest absolute Gasteiger partial charge is 0.272 e. The molecule has 0 radical (unpaired) electrons. The Kier molecular flexibility index (Phi) is 7.83. The van der Waals surface area contributed by atoms with Gasteiger partial charge in [0.15, 0.2) is 0 Å². The summed E-state index contributed by atoms with van der Waals surface area (Å²) in [6.07, 6.45) is 8.58. The maximum absolute atomic E-state index is 15.2. The van der Waals surface area contributed by atoms with Crippen LogP contribution in [-0.2, 0) is 4.79 Å². The van der Waals surface area contributed by atoms with E-state index in [9.17, 15) is 9.59 Å². The summed E-state index contributed by atoms with van der Waals surface area (Å²) in [5, 5.41) is 16.6. The Bertz CT molecular complexity index is 1260. The fraction of sp³-hybridized carbons (Fsp3) is 0.519. The van der Waals surface area contributed by atoms with Crippen molar-refractivity contribution in [1.29, 1.82) is 0 Å². The molecule has 2 amide bonds. The summed E-state index contributed by atoms with van der Waals surface area (Å²) in [4.78, 5) is 33.4. The van der Waals surface area contributed by atoms with Gasteiger partial charge in [-0.1, -0.05) is 0 Å². The number of rotatable bonds is 12. The lowest BCUT2D eigenvalue weighted by Gasteiger charge is -2.36. The second-order valence-corrected chi connectivity index (χ2v) is 11.3. The van der Waals surface area contributed by atoms with Gasteiger partial charge in [0.25, 0.3) is 5.91 Å². The van der Waals surface area contributed by atoms with E-state index in [0.717, 1.165) is 43.6 Å². The third-order valence-electron chi connectivity index (χ3n) is 7.54. The molecule has 2 saturated carbocycles. The monoisotopic (exact) mass is 539 g/mol. The molecule has 2 aliphatic carbocycles. The van der Waals surface area contributed by atoms with Crippen molar-refractivity contribution in [3.63, 3.8) is 0 Å². The van der Waals surface area contributed by atoms with Crippen LogP contribution in [0.2, 0.25) is 0 Å². The first-order chi connectivity index (χ1) is 18.4. The summed E-state index contributed by atoms with van der Waals surface area (Å²) in [6.45, 7) is 4.08. The molecule has 3 heterocycles. The number of aromatic amines is 2. The molecule has 0 aliphatic heterocycles. The first-order valence-electron chi connectivity index (χ1n) is 13.2. The average molecular weight is 540 g/mol. The Labute approximate surface area is 225 Å². The number of carbonyl (C=O) groups excluding carboxylic acids is 2. The fourth-order valence-corrected chi connectivity index (χ4v) is 5.92. The zero-order chi connectivity index (χ0) is 26.8. The molecule has 9 nitrogen and oxygen atoms in total. The lowest BCUT2D eigenvalue weighted by atomic mass is 9.87. The molecular formula is C27H34FN7O2S. The van der Waals surface area contributed by atoms with E-state index in [4.69, 9.17) is 0 Å². The molecule has 11 heteroatoms. The zero-order valence-corrected chi connectivity index (χ0v) is 22.8. The molecule has 0 saturated heterocycles. The fourth-order valence-electron chi connectivity index (χ4n) is 5.50. The van der Waals surface area contributed by atoms with Crippen molar-refractivity contribution in [2.75, 3.05) is 23.9 Å². The maximum atomic E-state index is 15.2. The second kappa shape index (κ2) is 11.3. The molecule has 1 atom stereocenters. The van der Waals surface area contributed by atoms with Gasteiger partial charge in [-0.2, -0.15) is 26.3 Å². The lowest BCUT2D eigenvalue weighted by molar-refractivity contribution is -0.123. The second-order valence-electron chi connectivity index (χ2n) is 10.3. The molecule has 0 bridgehead atoms. The van der Waals surface area contributed by atoms with Gasteiger partial charge in [0.05, 0.1) is 5.69 Å². The van der Waals surface area contributed by atoms with E-state index in [2.05, 4.69) is 30.7 Å². The van der Waals surface area contributed by atoms with Crippen LogP contribution in [0.4, 0.5) is 10.2 Å². The molecule has 0 unspecified atom stereocenters. The molecule has 3 aromatic heterocycles. The lowest BCUT2D eigenvalue weighted by Crippen LogP contribution is -2.53. The zero-order valence-electron chi connectivity index (χ0n) is 22.0. The highest BCUT2D eigenvalue weighted by Crippen LogP contribution is 2.52. The molecule has 2 fully saturated rings. The van der Waals surface area contributed by atoms with E-state index >= 15 is 4.39 Å². The van der Waals surface area contributed by atoms with Crippen LogP contribution in [0.15, 0.2) is 24.4 Å². The van der Waals surface area contributed by atoms with E-state index in [-0.39, 0.29) is 23.6 Å². The van der Waals surface area contributed by atoms with Crippen molar-refractivity contribution in [1.82, 2.24) is 30.3 Å². The third-order valence-corrected chi connectivity index (χ3v) is 8.24. The highest BCUT2D eigenvalue weighted by atomic mass is 32.2. The normalized spacial score (nSPS) is 16.0. The minimum absolute atomic E-state index is 0.0662. The SMILES string of the molecule is CSCCCN(C(=O)c1ccn[nH]1)[C@@H](C(=O)Nc1ccc(-c2c(C)n[nH]c2C)c(F)n1)C(C1CC1)C1CC1. The van der Waals surface area contributed by atoms with Gasteiger partial charge in [-0.3, -0.25) is 19.8 Å². The number of amides is 2. The van der Waals surface area contributed by atoms with Crippen molar-refractivity contribution in [3.8, 4) is 11.1 Å². The van der Waals surface area contributed by atoms with Crippen molar-refractivity contribution in [3.05, 3.63) is 47.4 Å². The number of thioether (sulfide) groups is 1. The summed E-state index contributed by atoms with van der Waals surface area (Å²) in [5.74, 6) is 0.652. The molecule has 3 N–H and O–H groups in total. The van der Waals surface area contributed by atoms with Crippen molar-refractivity contribution >= 4 is 29.4 Å². The number of anilines is 1. The van der Waals surface area contributed by atoms with Crippen molar-refractivity contribution < 1.29 is 14.0 Å². The molecule has 2 aliphatic rings. The van der Waals surface area contributed by atoms with Gasteiger partial charge >= 0.3 is 0 Å². The van der Waals surface area contributed by atoms with Gasteiger partial charge in [0.2, 0.25) is 11.9 Å². The molecular weight excluding hydrogens is 505 g/mol. The van der Waals surface area contributed by atoms with Crippen molar-refractivity contribution in [2.24, 2.45) is 17.8 Å². The van der Waals surface area contributed by atoms with Crippen LogP contribution in [0, 0.1) is 37.5 Å². The predicted octanol–water partition coefficient (Wildman–Crippen LogP) is 4.59. The van der Waals surface area contributed by atoms with E-state index in [1.165, 1.54) is 0 Å². The molecule has 3 aromatic rings. The molecule has 0 spiro atoms. The molecule has 5 rings (SSSR count). The number of aromatic nitrogens is 5. The molecule has 202 valence electrons. The largest absolute Gasteiger partial charge is 0.325 e. The van der Waals surface area contributed by atoms with Gasteiger partial charge in [-0.05, 0) is 93.9 Å². The maximum Gasteiger partial charge on any atom is 0.272 e. The van der Waals surface area contributed by atoms with Gasteiger partial charge in [-0.25, -0.2) is 4.98 Å². The Balaban J connectivity index is 1.45. The average Bonchev–Trinajstić information content (AvgIpc) is 3.83. The molecule has 0 aromatic carbocycles. The first kappa shape index (κ1) is 26.4. The Morgan fingerprint density at radius 1 is 1.16 bits per heavy atom. The quantitative estimate of drug-likeness (QED) is 0.229. The van der Waals surface area contributed by atoms with E-state index in [1.54, 1.807) is 48.0 Å². The van der Waals surface area contributed by atoms with E-state index in [1.807, 2.05) is 13.2 Å². The van der Waals surface area contributed by atoms with E-state index < -0.39 is 12.0 Å². The van der Waals surface area contributed by atoms with Crippen LogP contribution in [0.3, 0.4) is 0 Å². The predicted molar refractivity (Wildman–Crippen MR) is 145 cm³/mol. The minimum Gasteiger partial charge on any atom is -0.325 e. The topological polar surface area (TPSA) is 120 Å². The number of carbonyl (C=O) groups is 2. The summed E-state index contributed by atoms with van der Waals surface area (Å²) >= 11 is 1.71. The Hall–Kier alpha value is -3.21. The number of nitrogens with zero attached hydrogens (tertiary/aromatic N) is 4. The standard InChI is InChI=1S/C27H34FN7O2S/c1-15-22(16(2)33-32-15)19-9-10-21(30-25(19)28)31-26(36)24(23(17-5-6-17)18-7-8-18)35(13-4-14-38-3)27(37)20-11-12-29-34-20/h9-12,17-18,23-24H,4-8,13-14H2,1-3H3,(H,29,34)(H,32,33)(H,30,31,36)/t24-/m1/s1. The highest BCUT2D eigenvalue weighted by Gasteiger charge is 2.50. The van der Waals surface area contributed by atoms with Crippen molar-refractivity contribution in [2.45, 2.75) is 52.0 Å². The number of hydrogen-bond acceptors (Lipinski definition) is 6. The third kappa shape index (κ3) is 5.62. The van der Waals surface area contributed by atoms with Crippen LogP contribution in [0.1, 0.15) is 54.0 Å². The van der Waals surface area contributed by atoms with Crippen LogP contribution in [0.5, 0.6) is 0 Å². The number of nitrogens with one attached hydrogen (secondary N) is 3. The summed E-state index contributed by atoms with van der Waals surface area (Å²) < 4.78 is 15.2. The number of pyridine rings is 1. The van der Waals surface area contributed by atoms with Gasteiger partial charge in [0, 0.05) is 29.6 Å².